The van der Waals surface area contributed by atoms with E-state index in [2.05, 4.69) is 11.4 Å². The lowest BCUT2D eigenvalue weighted by molar-refractivity contribution is -0.142. The smallest absolute Gasteiger partial charge is 0.261 e. The van der Waals surface area contributed by atoms with Crippen molar-refractivity contribution < 1.29 is 18.7 Å². The third kappa shape index (κ3) is 7.22. The number of para-hydroxylation sites is 1. The summed E-state index contributed by atoms with van der Waals surface area (Å²) in [4.78, 5) is 27.3. The normalized spacial score (nSPS) is 14.2. The molecule has 0 fully saturated rings. The number of ether oxygens (including phenoxy) is 1. The summed E-state index contributed by atoms with van der Waals surface area (Å²) in [6, 6.07) is 14.3. The lowest BCUT2D eigenvalue weighted by Crippen LogP contribution is -2.49. The van der Waals surface area contributed by atoms with Crippen molar-refractivity contribution in [1.82, 2.24) is 10.2 Å². The Morgan fingerprint density at radius 3 is 2.53 bits per heavy atom. The first-order valence-electron chi connectivity index (χ1n) is 11.2. The van der Waals surface area contributed by atoms with Gasteiger partial charge in [0.05, 0.1) is 0 Å². The average Bonchev–Trinajstić information content (AvgIpc) is 2.83. The number of amides is 2. The molecular formula is C26H31FN2O3. The zero-order valence-corrected chi connectivity index (χ0v) is 18.6. The van der Waals surface area contributed by atoms with Crippen LogP contribution in [0, 0.1) is 5.82 Å². The zero-order chi connectivity index (χ0) is 22.8. The van der Waals surface area contributed by atoms with E-state index in [0.29, 0.717) is 12.3 Å². The Morgan fingerprint density at radius 2 is 1.84 bits per heavy atom. The quantitative estimate of drug-likeness (QED) is 0.551. The molecule has 170 valence electrons. The SMILES string of the molecule is C[C@@H](C(=O)NCCC1=CCCCC1)N(Cc1ccc(F)cc1)C(=O)COc1ccccc1. The molecule has 5 nitrogen and oxygen atoms in total. The van der Waals surface area contributed by atoms with Crippen molar-refractivity contribution in [1.29, 1.82) is 0 Å². The minimum Gasteiger partial charge on any atom is -0.484 e. The van der Waals surface area contributed by atoms with Crippen LogP contribution in [-0.2, 0) is 16.1 Å². The molecule has 2 aromatic carbocycles. The minimum atomic E-state index is -0.688. The summed E-state index contributed by atoms with van der Waals surface area (Å²) in [5.74, 6) is -0.283. The number of nitrogens with zero attached hydrogens (tertiary/aromatic N) is 1. The molecule has 32 heavy (non-hydrogen) atoms. The molecule has 0 heterocycles. The molecule has 2 aromatic rings. The van der Waals surface area contributed by atoms with Crippen LogP contribution in [0.5, 0.6) is 5.75 Å². The second-order valence-electron chi connectivity index (χ2n) is 8.07. The van der Waals surface area contributed by atoms with E-state index in [9.17, 15) is 14.0 Å². The molecular weight excluding hydrogens is 407 g/mol. The Bertz CT molecular complexity index is 912. The van der Waals surface area contributed by atoms with Crippen molar-refractivity contribution in [2.45, 2.75) is 51.6 Å². The van der Waals surface area contributed by atoms with Crippen molar-refractivity contribution >= 4 is 11.8 Å². The molecule has 1 N–H and O–H groups in total. The molecule has 0 aliphatic heterocycles. The highest BCUT2D eigenvalue weighted by atomic mass is 19.1. The third-order valence-electron chi connectivity index (χ3n) is 5.67. The predicted octanol–water partition coefficient (Wildman–Crippen LogP) is 4.63. The number of benzene rings is 2. The number of allylic oxidation sites excluding steroid dienone is 1. The van der Waals surface area contributed by atoms with Crippen LogP contribution in [0.15, 0.2) is 66.2 Å². The number of hydrogen-bond donors (Lipinski definition) is 1. The largest absolute Gasteiger partial charge is 0.484 e. The van der Waals surface area contributed by atoms with Crippen LogP contribution < -0.4 is 10.1 Å². The predicted molar refractivity (Wildman–Crippen MR) is 123 cm³/mol. The molecule has 0 spiro atoms. The molecule has 1 atom stereocenters. The van der Waals surface area contributed by atoms with Gasteiger partial charge in [0.1, 0.15) is 17.6 Å². The first-order valence-corrected chi connectivity index (χ1v) is 11.2. The Kier molecular flexibility index (Phi) is 8.84. The summed E-state index contributed by atoms with van der Waals surface area (Å²) in [6.45, 7) is 2.26. The number of halogens is 1. The molecule has 6 heteroatoms. The van der Waals surface area contributed by atoms with Gasteiger partial charge in [-0.3, -0.25) is 9.59 Å². The standard InChI is InChI=1S/C26H31FN2O3/c1-20(26(31)28-17-16-21-8-4-2-5-9-21)29(18-22-12-14-23(27)15-13-22)25(30)19-32-24-10-6-3-7-11-24/h3,6-8,10-15,20H,2,4-5,9,16-19H2,1H3,(H,28,31)/t20-/m0/s1. The topological polar surface area (TPSA) is 58.6 Å². The van der Waals surface area contributed by atoms with Gasteiger partial charge in [0, 0.05) is 13.1 Å². The summed E-state index contributed by atoms with van der Waals surface area (Å²) in [5, 5.41) is 2.96. The van der Waals surface area contributed by atoms with Gasteiger partial charge in [-0.2, -0.15) is 0 Å². The lowest BCUT2D eigenvalue weighted by atomic mass is 9.97. The summed E-state index contributed by atoms with van der Waals surface area (Å²) < 4.78 is 18.9. The van der Waals surface area contributed by atoms with Crippen molar-refractivity contribution in [2.24, 2.45) is 0 Å². The molecule has 0 radical (unpaired) electrons. The molecule has 0 unspecified atom stereocenters. The van der Waals surface area contributed by atoms with E-state index in [1.165, 1.54) is 35.4 Å². The molecule has 1 aliphatic rings. The number of hydrogen-bond acceptors (Lipinski definition) is 3. The molecule has 0 saturated carbocycles. The molecule has 0 bridgehead atoms. The Morgan fingerprint density at radius 1 is 1.09 bits per heavy atom. The van der Waals surface area contributed by atoms with E-state index in [4.69, 9.17) is 4.74 Å². The third-order valence-corrected chi connectivity index (χ3v) is 5.67. The molecule has 1 aliphatic carbocycles. The molecule has 2 amide bonds. The van der Waals surface area contributed by atoms with Gasteiger partial charge in [0.25, 0.3) is 5.91 Å². The second kappa shape index (κ2) is 12.0. The fourth-order valence-electron chi connectivity index (χ4n) is 3.74. The Labute approximate surface area is 189 Å². The van der Waals surface area contributed by atoms with E-state index in [-0.39, 0.29) is 30.8 Å². The van der Waals surface area contributed by atoms with Gasteiger partial charge in [-0.15, -0.1) is 0 Å². The van der Waals surface area contributed by atoms with Crippen LogP contribution in [0.4, 0.5) is 4.39 Å². The van der Waals surface area contributed by atoms with E-state index in [1.54, 1.807) is 31.2 Å². The van der Waals surface area contributed by atoms with Gasteiger partial charge in [-0.1, -0.05) is 42.0 Å². The van der Waals surface area contributed by atoms with Gasteiger partial charge in [-0.25, -0.2) is 4.39 Å². The van der Waals surface area contributed by atoms with E-state index in [1.807, 2.05) is 18.2 Å². The monoisotopic (exact) mass is 438 g/mol. The van der Waals surface area contributed by atoms with E-state index in [0.717, 1.165) is 24.8 Å². The maximum atomic E-state index is 13.3. The number of carbonyl (C=O) groups is 2. The average molecular weight is 439 g/mol. The number of nitrogens with one attached hydrogen (secondary N) is 1. The van der Waals surface area contributed by atoms with Crippen LogP contribution in [0.3, 0.4) is 0 Å². The van der Waals surface area contributed by atoms with Gasteiger partial charge in [-0.05, 0) is 68.9 Å². The van der Waals surface area contributed by atoms with Gasteiger partial charge < -0.3 is 15.0 Å². The Hall–Kier alpha value is -3.15. The van der Waals surface area contributed by atoms with Crippen LogP contribution in [0.25, 0.3) is 0 Å². The van der Waals surface area contributed by atoms with E-state index < -0.39 is 6.04 Å². The highest BCUT2D eigenvalue weighted by Gasteiger charge is 2.26. The fourth-order valence-corrected chi connectivity index (χ4v) is 3.74. The summed E-state index contributed by atoms with van der Waals surface area (Å²) in [5.41, 5.74) is 2.13. The highest BCUT2D eigenvalue weighted by Crippen LogP contribution is 2.19. The molecule has 0 saturated heterocycles. The van der Waals surface area contributed by atoms with Gasteiger partial charge in [0.15, 0.2) is 6.61 Å². The van der Waals surface area contributed by atoms with Crippen molar-refractivity contribution in [3.63, 3.8) is 0 Å². The maximum Gasteiger partial charge on any atom is 0.261 e. The van der Waals surface area contributed by atoms with Crippen LogP contribution in [0.1, 0.15) is 44.6 Å². The number of carbonyl (C=O) groups excluding carboxylic acids is 2. The van der Waals surface area contributed by atoms with E-state index >= 15 is 0 Å². The molecule has 0 aromatic heterocycles. The van der Waals surface area contributed by atoms with Crippen LogP contribution >= 0.6 is 0 Å². The second-order valence-corrected chi connectivity index (χ2v) is 8.07. The maximum absolute atomic E-state index is 13.3. The lowest BCUT2D eigenvalue weighted by Gasteiger charge is -2.29. The summed E-state index contributed by atoms with van der Waals surface area (Å²) >= 11 is 0. The summed E-state index contributed by atoms with van der Waals surface area (Å²) in [6.07, 6.45) is 7.75. The van der Waals surface area contributed by atoms with Gasteiger partial charge >= 0.3 is 0 Å². The van der Waals surface area contributed by atoms with Crippen molar-refractivity contribution in [3.8, 4) is 5.75 Å². The molecule has 3 rings (SSSR count). The van der Waals surface area contributed by atoms with Crippen LogP contribution in [-0.4, -0.2) is 35.9 Å². The first-order chi connectivity index (χ1) is 15.5. The summed E-state index contributed by atoms with van der Waals surface area (Å²) in [7, 11) is 0. The first kappa shape index (κ1) is 23.5. The highest BCUT2D eigenvalue weighted by molar-refractivity contribution is 5.87. The van der Waals surface area contributed by atoms with Gasteiger partial charge in [0.2, 0.25) is 5.91 Å². The number of rotatable bonds is 10. The van der Waals surface area contributed by atoms with Crippen LogP contribution in [0.2, 0.25) is 0 Å². The Balaban J connectivity index is 1.62. The zero-order valence-electron chi connectivity index (χ0n) is 18.6. The van der Waals surface area contributed by atoms with Crippen molar-refractivity contribution in [2.75, 3.05) is 13.2 Å². The fraction of sp³-hybridized carbons (Fsp3) is 0.385. The van der Waals surface area contributed by atoms with Crippen molar-refractivity contribution in [3.05, 3.63) is 77.6 Å². The minimum absolute atomic E-state index is 0.185.